The summed E-state index contributed by atoms with van der Waals surface area (Å²) in [5.41, 5.74) is 12.8. The summed E-state index contributed by atoms with van der Waals surface area (Å²) in [5.74, 6) is 1.42. The Morgan fingerprint density at radius 3 is 2.75 bits per heavy atom. The van der Waals surface area contributed by atoms with Gasteiger partial charge in [0.15, 0.2) is 22.2 Å². The largest absolute Gasteiger partial charge is 0.507 e. The number of aromatic nitrogens is 2. The number of rotatable bonds is 0. The molecule has 1 fully saturated rings. The van der Waals surface area contributed by atoms with Gasteiger partial charge >= 0.3 is 5.97 Å². The number of nitrogens with two attached hydrogens (primary N) is 2. The third kappa shape index (κ3) is 4.93. The normalized spacial score (nSPS) is 29.4. The number of carbonyl (C=O) groups excluding carboxylic acids is 1. The molecule has 5 unspecified atom stereocenters. The number of aryl methyl sites for hydroxylation is 2. The minimum atomic E-state index is -1.30. The number of hydrogen-bond donors (Lipinski definition) is 3. The molecule has 5 aliphatic rings. The highest BCUT2D eigenvalue weighted by Crippen LogP contribution is 2.54. The molecule has 0 radical (unpaired) electrons. The molecule has 4 aliphatic heterocycles. The van der Waals surface area contributed by atoms with Gasteiger partial charge in [0, 0.05) is 58.9 Å². The zero-order chi connectivity index (χ0) is 33.6. The van der Waals surface area contributed by atoms with Gasteiger partial charge in [-0.3, -0.25) is 4.79 Å². The molecular weight excluding hydrogens is 653 g/mol. The van der Waals surface area contributed by atoms with Crippen molar-refractivity contribution in [3.05, 3.63) is 81.4 Å². The van der Waals surface area contributed by atoms with Crippen molar-refractivity contribution in [3.63, 3.8) is 0 Å². The van der Waals surface area contributed by atoms with Gasteiger partial charge in [-0.15, -0.1) is 0 Å². The number of nitrogens with zero attached hydrogens (tertiary/aromatic N) is 2. The minimum absolute atomic E-state index is 0.0413. The fourth-order valence-corrected chi connectivity index (χ4v) is 9.88. The second kappa shape index (κ2) is 10.9. The lowest BCUT2D eigenvalue weighted by molar-refractivity contribution is -0.186. The average Bonchev–Trinajstić information content (AvgIpc) is 3.70. The molecule has 4 aromatic rings. The number of aromatic hydroxyl groups is 1. The molecule has 1 aromatic carbocycles. The summed E-state index contributed by atoms with van der Waals surface area (Å²) in [4.78, 5) is 35.9. The summed E-state index contributed by atoms with van der Waals surface area (Å²) in [6, 6.07) is 8.72. The Balaban J connectivity index is 1.21. The second-order valence-electron chi connectivity index (χ2n) is 13.3. The van der Waals surface area contributed by atoms with Gasteiger partial charge in [0.1, 0.15) is 39.9 Å². The minimum Gasteiger partial charge on any atom is -0.507 e. The number of nitrogen functional groups attached to an aromatic ring is 2. The number of anilines is 2. The number of epoxide rings is 1. The summed E-state index contributed by atoms with van der Waals surface area (Å²) in [6.07, 6.45) is 6.90. The molecule has 9 rings (SSSR count). The van der Waals surface area contributed by atoms with Gasteiger partial charge in [-0.25, -0.2) is 14.8 Å². The predicted octanol–water partition coefficient (Wildman–Crippen LogP) is 5.42. The Hall–Kier alpha value is -4.20. The third-order valence-corrected chi connectivity index (χ3v) is 12.6. The molecule has 4 bridgehead atoms. The molecule has 1 aliphatic carbocycles. The predicted molar refractivity (Wildman–Crippen MR) is 185 cm³/mol. The highest BCUT2D eigenvalue weighted by molar-refractivity contribution is 8.76. The van der Waals surface area contributed by atoms with Crippen LogP contribution in [-0.4, -0.2) is 49.2 Å². The number of hydrogen-bond acceptors (Lipinski definition) is 13. The maximum Gasteiger partial charge on any atom is 0.341 e. The fraction of sp³-hybridized carbons (Fsp3) is 0.371. The van der Waals surface area contributed by atoms with Crippen molar-refractivity contribution in [1.29, 1.82) is 0 Å². The number of benzene rings is 1. The van der Waals surface area contributed by atoms with E-state index in [0.29, 0.717) is 59.4 Å². The van der Waals surface area contributed by atoms with E-state index >= 15 is 0 Å². The first kappa shape index (κ1) is 31.1. The Kier molecular flexibility index (Phi) is 7.07. The highest BCUT2D eigenvalue weighted by Gasteiger charge is 2.64. The van der Waals surface area contributed by atoms with Crippen molar-refractivity contribution in [1.82, 2.24) is 9.97 Å². The van der Waals surface area contributed by atoms with E-state index in [1.807, 2.05) is 37.3 Å². The van der Waals surface area contributed by atoms with Crippen molar-refractivity contribution >= 4 is 50.2 Å². The Labute approximate surface area is 283 Å². The second-order valence-corrected chi connectivity index (χ2v) is 15.9. The standard InChI is InChI=1S/C35H34N4O7S2/c1-17-10-24(40)29-26(43-17)13-25-21(30(29)41)15-35-8-6-19(14-33(35,2)44-25)48-47-16-22-20(7-9-38-31(22)37)23-11-18(12-28(36)39-23)4-5-27-34(3,45-27)32(42)46-35/h6-13,19,27,41H,4-5,14-16H2,1-3H3,(H2,36,39)(H2,37,38). The molecule has 48 heavy (non-hydrogen) atoms. The molecule has 3 aromatic heterocycles. The summed E-state index contributed by atoms with van der Waals surface area (Å²) in [7, 11) is 3.28. The SMILES string of the molecule is Cc1cc(=O)c2c(O)c3c(cc2o1)OC1(C)CC2C=CC1(C3)OC(=O)C1(C)OC1CCc1cc(N)nc(c1)-c1ccnc(N)c1CSS2. The fourth-order valence-electron chi connectivity index (χ4n) is 7.20. The van der Waals surface area contributed by atoms with Gasteiger partial charge in [0.2, 0.25) is 0 Å². The topological polar surface area (TPSA) is 176 Å². The van der Waals surface area contributed by atoms with Gasteiger partial charge in [-0.1, -0.05) is 27.7 Å². The molecule has 0 saturated carbocycles. The van der Waals surface area contributed by atoms with Gasteiger partial charge in [-0.2, -0.15) is 0 Å². The molecule has 5 atom stereocenters. The smallest absolute Gasteiger partial charge is 0.341 e. The van der Waals surface area contributed by atoms with Crippen molar-refractivity contribution < 1.29 is 28.5 Å². The lowest BCUT2D eigenvalue weighted by Gasteiger charge is -2.52. The molecule has 1 saturated heterocycles. The van der Waals surface area contributed by atoms with Crippen LogP contribution in [0.4, 0.5) is 11.6 Å². The van der Waals surface area contributed by atoms with Crippen LogP contribution in [0.5, 0.6) is 11.5 Å². The zero-order valence-electron chi connectivity index (χ0n) is 26.6. The van der Waals surface area contributed by atoms with E-state index in [2.05, 4.69) is 9.97 Å². The van der Waals surface area contributed by atoms with Gasteiger partial charge in [-0.05, 0) is 63.5 Å². The van der Waals surface area contributed by atoms with E-state index in [1.165, 1.54) is 6.07 Å². The van der Waals surface area contributed by atoms with Crippen LogP contribution in [-0.2, 0) is 32.9 Å². The molecule has 0 amide bonds. The van der Waals surface area contributed by atoms with Crippen molar-refractivity contribution in [3.8, 4) is 22.8 Å². The molecule has 13 heteroatoms. The van der Waals surface area contributed by atoms with Crippen LogP contribution in [0.25, 0.3) is 22.2 Å². The summed E-state index contributed by atoms with van der Waals surface area (Å²) >= 11 is 0. The monoisotopic (exact) mass is 686 g/mol. The van der Waals surface area contributed by atoms with Crippen LogP contribution in [0, 0.1) is 6.92 Å². The van der Waals surface area contributed by atoms with E-state index in [9.17, 15) is 14.7 Å². The lowest BCUT2D eigenvalue weighted by Crippen LogP contribution is -2.64. The summed E-state index contributed by atoms with van der Waals surface area (Å²) < 4.78 is 25.1. The number of ether oxygens (including phenoxy) is 3. The number of carbonyl (C=O) groups is 1. The molecule has 248 valence electrons. The maximum atomic E-state index is 14.0. The molecule has 11 nitrogen and oxygen atoms in total. The van der Waals surface area contributed by atoms with Crippen molar-refractivity contribution in [2.24, 2.45) is 0 Å². The van der Waals surface area contributed by atoms with Crippen molar-refractivity contribution in [2.75, 3.05) is 11.5 Å². The first-order valence-electron chi connectivity index (χ1n) is 15.8. The Morgan fingerprint density at radius 2 is 1.92 bits per heavy atom. The third-order valence-electron chi connectivity index (χ3n) is 10.0. The molecule has 7 heterocycles. The highest BCUT2D eigenvalue weighted by atomic mass is 33.1. The van der Waals surface area contributed by atoms with E-state index in [0.717, 1.165) is 16.7 Å². The van der Waals surface area contributed by atoms with E-state index < -0.39 is 22.8 Å². The number of esters is 1. The molecule has 5 N–H and O–H groups in total. The lowest BCUT2D eigenvalue weighted by atomic mass is 9.70. The van der Waals surface area contributed by atoms with Crippen molar-refractivity contribution in [2.45, 2.75) is 80.4 Å². The van der Waals surface area contributed by atoms with Gasteiger partial charge in [0.25, 0.3) is 0 Å². The Bertz CT molecular complexity index is 2120. The first-order chi connectivity index (χ1) is 22.9. The van der Waals surface area contributed by atoms with Crippen LogP contribution < -0.4 is 21.6 Å². The van der Waals surface area contributed by atoms with Crippen LogP contribution in [0.2, 0.25) is 0 Å². The van der Waals surface area contributed by atoms with Gasteiger partial charge < -0.3 is 35.2 Å². The number of pyridine rings is 2. The van der Waals surface area contributed by atoms with Crippen LogP contribution in [0.15, 0.2) is 57.9 Å². The summed E-state index contributed by atoms with van der Waals surface area (Å²) in [6.45, 7) is 5.34. The Morgan fingerprint density at radius 1 is 1.08 bits per heavy atom. The number of phenolic OH excluding ortho intramolecular Hbond substituents is 1. The zero-order valence-corrected chi connectivity index (χ0v) is 28.2. The first-order valence-corrected chi connectivity index (χ1v) is 18.1. The van der Waals surface area contributed by atoms with E-state index in [-0.39, 0.29) is 39.9 Å². The van der Waals surface area contributed by atoms with E-state index in [1.54, 1.807) is 47.7 Å². The quantitative estimate of drug-likeness (QED) is 0.0926. The summed E-state index contributed by atoms with van der Waals surface area (Å²) in [5, 5.41) is 11.5. The average molecular weight is 687 g/mol. The van der Waals surface area contributed by atoms with Crippen LogP contribution >= 0.6 is 21.6 Å². The molecule has 1 spiro atoms. The maximum absolute atomic E-state index is 14.0. The molecular formula is C35H34N4O7S2. The van der Waals surface area contributed by atoms with Crippen LogP contribution in [0.3, 0.4) is 0 Å². The van der Waals surface area contributed by atoms with Crippen LogP contribution in [0.1, 0.15) is 49.1 Å². The van der Waals surface area contributed by atoms with E-state index in [4.69, 9.17) is 30.1 Å². The van der Waals surface area contributed by atoms with Gasteiger partial charge in [0.05, 0.1) is 11.8 Å². The number of phenols is 1. The number of fused-ring (bicyclic) bond motifs is 6.